The van der Waals surface area contributed by atoms with Crippen molar-refractivity contribution in [3.05, 3.63) is 170 Å². The van der Waals surface area contributed by atoms with E-state index in [0.717, 1.165) is 33.3 Å². The van der Waals surface area contributed by atoms with Crippen molar-refractivity contribution in [3.63, 3.8) is 0 Å². The van der Waals surface area contributed by atoms with Gasteiger partial charge < -0.3 is 9.73 Å². The molecule has 0 unspecified atom stereocenters. The number of para-hydroxylation sites is 1. The fourth-order valence-corrected chi connectivity index (χ4v) is 5.91. The van der Waals surface area contributed by atoms with E-state index in [4.69, 9.17) is 4.42 Å². The summed E-state index contributed by atoms with van der Waals surface area (Å²) in [5.74, 6) is 0. The van der Waals surface area contributed by atoms with Crippen molar-refractivity contribution in [2.75, 3.05) is 5.32 Å². The molecule has 0 aliphatic carbocycles. The third-order valence-electron chi connectivity index (χ3n) is 8.31. The van der Waals surface area contributed by atoms with Gasteiger partial charge in [-0.3, -0.25) is 0 Å². The Labute approximate surface area is 256 Å². The van der Waals surface area contributed by atoms with E-state index in [0.29, 0.717) is 0 Å². The maximum atomic E-state index is 6.00. The highest BCUT2D eigenvalue weighted by Gasteiger charge is 2.09. The number of anilines is 2. The molecule has 8 rings (SSSR count). The summed E-state index contributed by atoms with van der Waals surface area (Å²) in [6, 6.07) is 59.9. The van der Waals surface area contributed by atoms with Gasteiger partial charge in [-0.15, -0.1) is 0 Å². The zero-order valence-corrected chi connectivity index (χ0v) is 24.1. The van der Waals surface area contributed by atoms with E-state index >= 15 is 0 Å². The molecule has 8 aromatic rings. The fraction of sp³-hybridized carbons (Fsp3) is 0. The number of benzene rings is 7. The Morgan fingerprint density at radius 2 is 0.682 bits per heavy atom. The lowest BCUT2D eigenvalue weighted by molar-refractivity contribution is 0.669. The van der Waals surface area contributed by atoms with Gasteiger partial charge >= 0.3 is 0 Å². The van der Waals surface area contributed by atoms with Gasteiger partial charge in [0.25, 0.3) is 0 Å². The van der Waals surface area contributed by atoms with Crippen LogP contribution in [0.25, 0.3) is 66.4 Å². The van der Waals surface area contributed by atoms with Crippen LogP contribution in [0, 0.1) is 0 Å². The van der Waals surface area contributed by atoms with Gasteiger partial charge in [-0.05, 0) is 87.0 Å². The van der Waals surface area contributed by atoms with Crippen LogP contribution < -0.4 is 5.32 Å². The molecule has 7 aromatic carbocycles. The van der Waals surface area contributed by atoms with Crippen LogP contribution in [0.5, 0.6) is 0 Å². The van der Waals surface area contributed by atoms with E-state index in [1.807, 2.05) is 18.2 Å². The molecule has 1 heterocycles. The number of hydrogen-bond acceptors (Lipinski definition) is 2. The van der Waals surface area contributed by atoms with E-state index in [-0.39, 0.29) is 0 Å². The Bertz CT molecular complexity index is 2190. The first-order chi connectivity index (χ1) is 21.8. The highest BCUT2D eigenvalue weighted by atomic mass is 16.3. The van der Waals surface area contributed by atoms with Gasteiger partial charge in [0, 0.05) is 22.1 Å². The van der Waals surface area contributed by atoms with E-state index in [1.165, 1.54) is 44.5 Å². The molecule has 0 radical (unpaired) electrons. The van der Waals surface area contributed by atoms with E-state index in [1.54, 1.807) is 0 Å². The lowest BCUT2D eigenvalue weighted by Gasteiger charge is -2.10. The second kappa shape index (κ2) is 11.1. The van der Waals surface area contributed by atoms with Crippen molar-refractivity contribution in [1.29, 1.82) is 0 Å². The maximum absolute atomic E-state index is 6.00. The van der Waals surface area contributed by atoms with Gasteiger partial charge in [-0.25, -0.2) is 0 Å². The molecule has 208 valence electrons. The Balaban J connectivity index is 0.945. The molecule has 0 aliphatic heterocycles. The minimum absolute atomic E-state index is 0.921. The summed E-state index contributed by atoms with van der Waals surface area (Å²) in [6.07, 6.45) is 0. The van der Waals surface area contributed by atoms with Crippen LogP contribution in [0.4, 0.5) is 11.4 Å². The van der Waals surface area contributed by atoms with Crippen molar-refractivity contribution in [2.24, 2.45) is 0 Å². The third-order valence-corrected chi connectivity index (χ3v) is 8.31. The maximum Gasteiger partial charge on any atom is 0.135 e. The molecule has 1 N–H and O–H groups in total. The van der Waals surface area contributed by atoms with Crippen molar-refractivity contribution >= 4 is 33.3 Å². The molecule has 2 nitrogen and oxygen atoms in total. The van der Waals surface area contributed by atoms with Gasteiger partial charge in [0.1, 0.15) is 11.2 Å². The lowest BCUT2D eigenvalue weighted by Crippen LogP contribution is -1.90. The first-order valence-corrected chi connectivity index (χ1v) is 14.9. The summed E-state index contributed by atoms with van der Waals surface area (Å²) in [5.41, 5.74) is 13.6. The molecule has 0 spiro atoms. The predicted octanol–water partition coefficient (Wildman–Crippen LogP) is 12.0. The molecule has 0 amide bonds. The van der Waals surface area contributed by atoms with Crippen molar-refractivity contribution in [3.8, 4) is 44.5 Å². The molecular weight excluding hydrogens is 534 g/mol. The SMILES string of the molecule is c1ccc(-c2ccc(-c3ccc(Nc4ccc(-c5ccc(-c6ccc7oc8ccccc8c7c6)cc5)cc4)cc3)cc2)cc1. The van der Waals surface area contributed by atoms with Crippen LogP contribution in [-0.2, 0) is 0 Å². The number of hydrogen-bond donors (Lipinski definition) is 1. The van der Waals surface area contributed by atoms with Crippen LogP contribution >= 0.6 is 0 Å². The molecule has 2 heteroatoms. The second-order valence-electron chi connectivity index (χ2n) is 11.1. The zero-order valence-electron chi connectivity index (χ0n) is 24.1. The number of rotatable bonds is 6. The number of fused-ring (bicyclic) bond motifs is 3. The molecule has 0 atom stereocenters. The minimum Gasteiger partial charge on any atom is -0.456 e. The molecule has 44 heavy (non-hydrogen) atoms. The highest BCUT2D eigenvalue weighted by Crippen LogP contribution is 2.33. The van der Waals surface area contributed by atoms with Gasteiger partial charge in [-0.1, -0.05) is 127 Å². The summed E-state index contributed by atoms with van der Waals surface area (Å²) in [6.45, 7) is 0. The Kier molecular flexibility index (Phi) is 6.51. The average molecular weight is 564 g/mol. The Morgan fingerprint density at radius 3 is 1.23 bits per heavy atom. The average Bonchev–Trinajstić information content (AvgIpc) is 3.48. The topological polar surface area (TPSA) is 25.2 Å². The fourth-order valence-electron chi connectivity index (χ4n) is 5.91. The summed E-state index contributed by atoms with van der Waals surface area (Å²) in [5, 5.41) is 5.84. The normalized spacial score (nSPS) is 11.2. The van der Waals surface area contributed by atoms with Crippen LogP contribution in [0.1, 0.15) is 0 Å². The molecule has 0 bridgehead atoms. The lowest BCUT2D eigenvalue weighted by atomic mass is 9.99. The quantitative estimate of drug-likeness (QED) is 0.218. The van der Waals surface area contributed by atoms with Crippen molar-refractivity contribution in [2.45, 2.75) is 0 Å². The predicted molar refractivity (Wildman–Crippen MR) is 185 cm³/mol. The van der Waals surface area contributed by atoms with E-state index in [9.17, 15) is 0 Å². The van der Waals surface area contributed by atoms with Crippen LogP contribution in [-0.4, -0.2) is 0 Å². The summed E-state index contributed by atoms with van der Waals surface area (Å²) < 4.78 is 6.00. The van der Waals surface area contributed by atoms with Crippen molar-refractivity contribution < 1.29 is 4.42 Å². The monoisotopic (exact) mass is 563 g/mol. The van der Waals surface area contributed by atoms with Gasteiger partial charge in [0.2, 0.25) is 0 Å². The van der Waals surface area contributed by atoms with Crippen LogP contribution in [0.15, 0.2) is 174 Å². The molecule has 0 saturated heterocycles. The van der Waals surface area contributed by atoms with Crippen molar-refractivity contribution in [1.82, 2.24) is 0 Å². The number of nitrogens with one attached hydrogen (secondary N) is 1. The smallest absolute Gasteiger partial charge is 0.135 e. The van der Waals surface area contributed by atoms with Gasteiger partial charge in [0.05, 0.1) is 0 Å². The number of furan rings is 1. The van der Waals surface area contributed by atoms with E-state index in [2.05, 4.69) is 157 Å². The third kappa shape index (κ3) is 5.04. The first-order valence-electron chi connectivity index (χ1n) is 14.9. The summed E-state index contributed by atoms with van der Waals surface area (Å²) in [4.78, 5) is 0. The van der Waals surface area contributed by atoms with Gasteiger partial charge in [-0.2, -0.15) is 0 Å². The summed E-state index contributed by atoms with van der Waals surface area (Å²) in [7, 11) is 0. The van der Waals surface area contributed by atoms with E-state index < -0.39 is 0 Å². The largest absolute Gasteiger partial charge is 0.456 e. The Hall–Kier alpha value is -5.86. The molecule has 0 saturated carbocycles. The molecular formula is C42H29NO. The van der Waals surface area contributed by atoms with Crippen LogP contribution in [0.3, 0.4) is 0 Å². The molecule has 0 aliphatic rings. The van der Waals surface area contributed by atoms with Crippen LogP contribution in [0.2, 0.25) is 0 Å². The summed E-state index contributed by atoms with van der Waals surface area (Å²) >= 11 is 0. The minimum atomic E-state index is 0.921. The highest BCUT2D eigenvalue weighted by molar-refractivity contribution is 6.06. The van der Waals surface area contributed by atoms with Gasteiger partial charge in [0.15, 0.2) is 0 Å². The first kappa shape index (κ1) is 25.8. The molecule has 1 aromatic heterocycles. The second-order valence-corrected chi connectivity index (χ2v) is 11.1. The zero-order chi connectivity index (χ0) is 29.3. The standard InChI is InChI=1S/C42H29NO/c1-2-6-29(7-3-1)30-10-12-31(13-11-30)33-18-23-37(24-19-33)43-38-25-20-34(21-26-38)32-14-16-35(17-15-32)36-22-27-42-40(28-36)39-8-4-5-9-41(39)44-42/h1-28,43H. The molecule has 0 fully saturated rings. The Morgan fingerprint density at radius 1 is 0.295 bits per heavy atom.